The number of aromatic nitrogens is 1. The molecule has 1 aromatic heterocycles. The number of ether oxygens (including phenoxy) is 2. The second kappa shape index (κ2) is 13.9. The maximum absolute atomic E-state index is 15.1. The Bertz CT molecular complexity index is 1890. The van der Waals surface area contributed by atoms with E-state index in [0.717, 1.165) is 43.5 Å². The zero-order chi connectivity index (χ0) is 33.9. The van der Waals surface area contributed by atoms with Crippen molar-refractivity contribution in [2.45, 2.75) is 38.0 Å². The van der Waals surface area contributed by atoms with Crippen LogP contribution in [-0.4, -0.2) is 73.8 Å². The Morgan fingerprint density at radius 3 is 2.40 bits per heavy atom. The van der Waals surface area contributed by atoms with Gasteiger partial charge in [0.1, 0.15) is 11.5 Å². The fraction of sp³-hybridized carbons (Fsp3) is 0.324. The molecule has 2 heterocycles. The van der Waals surface area contributed by atoms with Crippen LogP contribution in [0.3, 0.4) is 0 Å². The zero-order valence-corrected chi connectivity index (χ0v) is 27.6. The molecule has 2 aliphatic rings. The number of ketones is 1. The van der Waals surface area contributed by atoms with Crippen molar-refractivity contribution in [3.63, 3.8) is 0 Å². The highest BCUT2D eigenvalue weighted by Gasteiger charge is 2.30. The summed E-state index contributed by atoms with van der Waals surface area (Å²) in [5.74, 6) is 0.227. The number of hydrogen-bond donors (Lipinski definition) is 3. The molecule has 48 heavy (non-hydrogen) atoms. The molecular formula is C37H40FN5O5. The second-order valence-corrected chi connectivity index (χ2v) is 12.7. The first-order chi connectivity index (χ1) is 23.1. The van der Waals surface area contributed by atoms with Gasteiger partial charge in [-0.2, -0.15) is 0 Å². The van der Waals surface area contributed by atoms with Crippen LogP contribution in [-0.2, 0) is 0 Å². The monoisotopic (exact) mass is 653 g/mol. The fourth-order valence-corrected chi connectivity index (χ4v) is 6.31. The Labute approximate surface area is 278 Å². The number of nitrogens with one attached hydrogen (secondary N) is 3. The lowest BCUT2D eigenvalue weighted by Crippen LogP contribution is -2.33. The number of Topliss-reactive ketones (excluding diaryl/α,β-unsaturated/α-hetero) is 1. The topological polar surface area (TPSA) is 116 Å². The van der Waals surface area contributed by atoms with Crippen molar-refractivity contribution in [2.75, 3.05) is 52.0 Å². The number of fused-ring (bicyclic) bond motifs is 2. The quantitative estimate of drug-likeness (QED) is 0.164. The molecule has 0 unspecified atom stereocenters. The number of nitrogens with zero attached hydrogens (tertiary/aromatic N) is 2. The summed E-state index contributed by atoms with van der Waals surface area (Å²) in [6, 6.07) is 14.1. The number of anilines is 2. The van der Waals surface area contributed by atoms with Crippen molar-refractivity contribution in [2.24, 2.45) is 0 Å². The number of rotatable bonds is 9. The summed E-state index contributed by atoms with van der Waals surface area (Å²) in [4.78, 5) is 46.1. The van der Waals surface area contributed by atoms with Crippen LogP contribution in [0.1, 0.15) is 70.0 Å². The number of methoxy groups -OCH3 is 1. The van der Waals surface area contributed by atoms with Crippen LogP contribution in [0.5, 0.6) is 11.5 Å². The van der Waals surface area contributed by atoms with E-state index >= 15 is 4.39 Å². The summed E-state index contributed by atoms with van der Waals surface area (Å²) in [5, 5.41) is 6.14. The maximum atomic E-state index is 15.1. The Balaban J connectivity index is 1.17. The molecule has 1 aliphatic heterocycles. The first kappa shape index (κ1) is 32.8. The summed E-state index contributed by atoms with van der Waals surface area (Å²) in [7, 11) is 7.15. The lowest BCUT2D eigenvalue weighted by atomic mass is 9.85. The number of hydrogen-bond acceptors (Lipinski definition) is 6. The summed E-state index contributed by atoms with van der Waals surface area (Å²) >= 11 is 0. The molecule has 1 fully saturated rings. The fourth-order valence-electron chi connectivity index (χ4n) is 6.31. The lowest BCUT2D eigenvalue weighted by Gasteiger charge is -2.21. The third kappa shape index (κ3) is 6.91. The molecule has 10 nitrogen and oxygen atoms in total. The molecule has 1 saturated carbocycles. The van der Waals surface area contributed by atoms with Crippen molar-refractivity contribution in [3.05, 3.63) is 88.6 Å². The summed E-state index contributed by atoms with van der Waals surface area (Å²) in [5.41, 5.74) is 3.72. The van der Waals surface area contributed by atoms with Gasteiger partial charge in [-0.25, -0.2) is 9.18 Å². The van der Waals surface area contributed by atoms with Crippen LogP contribution < -0.4 is 20.1 Å². The smallest absolute Gasteiger partial charge is 0.323 e. The Morgan fingerprint density at radius 1 is 0.979 bits per heavy atom. The molecule has 11 heteroatoms. The van der Waals surface area contributed by atoms with E-state index in [1.54, 1.807) is 66.6 Å². The van der Waals surface area contributed by atoms with Gasteiger partial charge in [0.25, 0.3) is 5.91 Å². The van der Waals surface area contributed by atoms with Crippen molar-refractivity contribution in [1.82, 2.24) is 14.8 Å². The van der Waals surface area contributed by atoms with E-state index in [2.05, 4.69) is 15.6 Å². The Kier molecular flexibility index (Phi) is 9.49. The van der Waals surface area contributed by atoms with E-state index < -0.39 is 11.8 Å². The number of H-pyrrole nitrogens is 1. The van der Waals surface area contributed by atoms with E-state index in [-0.39, 0.29) is 23.4 Å². The molecular weight excluding hydrogens is 613 g/mol. The molecule has 3 amide bonds. The van der Waals surface area contributed by atoms with Crippen molar-refractivity contribution in [1.29, 1.82) is 0 Å². The highest BCUT2D eigenvalue weighted by molar-refractivity contribution is 6.16. The van der Waals surface area contributed by atoms with Gasteiger partial charge in [0.05, 0.1) is 18.2 Å². The van der Waals surface area contributed by atoms with Crippen molar-refractivity contribution < 1.29 is 28.2 Å². The minimum Gasteiger partial charge on any atom is -0.497 e. The summed E-state index contributed by atoms with van der Waals surface area (Å²) in [6.07, 6.45) is 6.99. The largest absolute Gasteiger partial charge is 0.497 e. The predicted octanol–water partition coefficient (Wildman–Crippen LogP) is 7.26. The average Bonchev–Trinajstić information content (AvgIpc) is 3.61. The van der Waals surface area contributed by atoms with Crippen LogP contribution >= 0.6 is 0 Å². The minimum absolute atomic E-state index is 0.104. The third-order valence-corrected chi connectivity index (χ3v) is 8.97. The van der Waals surface area contributed by atoms with E-state index in [1.807, 2.05) is 19.0 Å². The third-order valence-electron chi connectivity index (χ3n) is 8.97. The molecule has 3 N–H and O–H groups in total. The number of benzene rings is 3. The molecule has 0 bridgehead atoms. The first-order valence-electron chi connectivity index (χ1n) is 16.2. The lowest BCUT2D eigenvalue weighted by molar-refractivity contribution is 0.0786. The van der Waals surface area contributed by atoms with Gasteiger partial charge in [0.15, 0.2) is 11.6 Å². The van der Waals surface area contributed by atoms with Gasteiger partial charge in [-0.3, -0.25) is 9.59 Å². The highest BCUT2D eigenvalue weighted by atomic mass is 19.1. The van der Waals surface area contributed by atoms with Gasteiger partial charge in [-0.15, -0.1) is 0 Å². The predicted molar refractivity (Wildman–Crippen MR) is 185 cm³/mol. The number of carbonyl (C=O) groups is 3. The Hall–Kier alpha value is -5.16. The van der Waals surface area contributed by atoms with E-state index in [1.165, 1.54) is 19.6 Å². The zero-order valence-electron chi connectivity index (χ0n) is 27.6. The van der Waals surface area contributed by atoms with Gasteiger partial charge in [0.2, 0.25) is 5.78 Å². The number of aromatic amines is 1. The van der Waals surface area contributed by atoms with Crippen LogP contribution in [0.4, 0.5) is 20.6 Å². The molecule has 6 rings (SSSR count). The molecule has 3 aromatic carbocycles. The molecule has 0 atom stereocenters. The molecule has 250 valence electrons. The van der Waals surface area contributed by atoms with Crippen molar-refractivity contribution >= 4 is 46.1 Å². The van der Waals surface area contributed by atoms with Crippen LogP contribution in [0.2, 0.25) is 0 Å². The number of likely N-dealkylation sites (N-methyl/N-ethyl adjacent to an activating group) is 2. The number of allylic oxidation sites excluding steroid dienone is 1. The van der Waals surface area contributed by atoms with Gasteiger partial charge >= 0.3 is 6.03 Å². The van der Waals surface area contributed by atoms with Gasteiger partial charge in [-0.05, 0) is 87.5 Å². The minimum atomic E-state index is -0.508. The van der Waals surface area contributed by atoms with E-state index in [9.17, 15) is 14.4 Å². The molecule has 1 aliphatic carbocycles. The molecule has 0 radical (unpaired) electrons. The average molecular weight is 654 g/mol. The normalized spacial score (nSPS) is 15.5. The van der Waals surface area contributed by atoms with Crippen LogP contribution in [0.15, 0.2) is 60.4 Å². The van der Waals surface area contributed by atoms with Gasteiger partial charge in [-0.1, -0.05) is 19.3 Å². The van der Waals surface area contributed by atoms with E-state index in [0.29, 0.717) is 51.4 Å². The molecule has 0 saturated heterocycles. The van der Waals surface area contributed by atoms with Crippen LogP contribution in [0.25, 0.3) is 17.0 Å². The van der Waals surface area contributed by atoms with Gasteiger partial charge in [0, 0.05) is 59.8 Å². The summed E-state index contributed by atoms with van der Waals surface area (Å²) in [6.45, 7) is 1.35. The van der Waals surface area contributed by atoms with Gasteiger partial charge < -0.3 is 34.9 Å². The summed E-state index contributed by atoms with van der Waals surface area (Å²) < 4.78 is 26.5. The maximum Gasteiger partial charge on any atom is 0.323 e. The Morgan fingerprint density at radius 2 is 1.69 bits per heavy atom. The number of halogens is 1. The second-order valence-electron chi connectivity index (χ2n) is 12.7. The standard InChI is InChI=1S/C37H40FN5O5/c1-42(2)16-17-43(3)36(45)23-10-12-24(13-11-23)39-37(46)40-25-14-15-31-29(18-25)35(44)32(48-31)21-28-27-19-26(47-4)20-30(38)34(27)41-33(28)22-8-6-5-7-9-22/h10-15,18-22,41H,5-9,16-17H2,1-4H3,(H2,39,40,46)/b32-21-. The number of amides is 3. The number of urea groups is 1. The number of carbonyl (C=O) groups excluding carboxylic acids is 3. The first-order valence-corrected chi connectivity index (χ1v) is 16.2. The van der Waals surface area contributed by atoms with E-state index in [4.69, 9.17) is 9.47 Å². The SMILES string of the molecule is COc1cc(F)c2[nH]c(C3CCCCC3)c(/C=C3\Oc4ccc(NC(=O)Nc5ccc(C(=O)N(C)CCN(C)C)cc5)cc4C3=O)c2c1. The highest BCUT2D eigenvalue weighted by Crippen LogP contribution is 2.41. The molecule has 4 aromatic rings. The van der Waals surface area contributed by atoms with Crippen LogP contribution in [0, 0.1) is 5.82 Å². The molecule has 0 spiro atoms. The van der Waals surface area contributed by atoms with Crippen molar-refractivity contribution in [3.8, 4) is 11.5 Å².